The molecule has 1 atom stereocenters. The molecule has 7 heteroatoms. The van der Waals surface area contributed by atoms with Gasteiger partial charge in [0.05, 0.1) is 13.2 Å². The van der Waals surface area contributed by atoms with Crippen LogP contribution in [0, 0.1) is 0 Å². The fourth-order valence-corrected chi connectivity index (χ4v) is 1.90. The van der Waals surface area contributed by atoms with Crippen molar-refractivity contribution >= 4 is 12.1 Å². The van der Waals surface area contributed by atoms with Crippen molar-refractivity contribution in [3.63, 3.8) is 0 Å². The van der Waals surface area contributed by atoms with Crippen molar-refractivity contribution in [2.24, 2.45) is 0 Å². The molecule has 1 saturated heterocycles. The first kappa shape index (κ1) is 13.7. The lowest BCUT2D eigenvalue weighted by Gasteiger charge is -2.19. The Bertz CT molecular complexity index is 309. The minimum atomic E-state index is -3.00. The summed E-state index contributed by atoms with van der Waals surface area (Å²) < 4.78 is 30.8. The highest BCUT2D eigenvalue weighted by Gasteiger charge is 2.46. The lowest BCUT2D eigenvalue weighted by atomic mass is 10.1. The van der Waals surface area contributed by atoms with Crippen LogP contribution in [0.3, 0.4) is 0 Å². The average Bonchev–Trinajstić information content (AvgIpc) is 2.51. The molecule has 0 saturated carbocycles. The van der Waals surface area contributed by atoms with Crippen LogP contribution >= 0.6 is 0 Å². The number of hydrogen-bond acceptors (Lipinski definition) is 3. The van der Waals surface area contributed by atoms with E-state index in [2.05, 4.69) is 4.74 Å². The lowest BCUT2D eigenvalue weighted by molar-refractivity contribution is -0.143. The Morgan fingerprint density at radius 3 is 2.71 bits per heavy atom. The van der Waals surface area contributed by atoms with Crippen molar-refractivity contribution in [3.05, 3.63) is 0 Å². The maximum absolute atomic E-state index is 13.1. The molecule has 0 aliphatic carbocycles. The SMILES string of the molecule is CCOC(=O)CCC1CC(F)(F)CN1C(=O)O. The van der Waals surface area contributed by atoms with Gasteiger partial charge < -0.3 is 9.84 Å². The zero-order valence-electron chi connectivity index (χ0n) is 9.49. The van der Waals surface area contributed by atoms with Gasteiger partial charge in [0.25, 0.3) is 5.92 Å². The zero-order chi connectivity index (χ0) is 13.1. The molecule has 98 valence electrons. The second-order valence-electron chi connectivity index (χ2n) is 3.97. The van der Waals surface area contributed by atoms with Gasteiger partial charge in [-0.1, -0.05) is 0 Å². The number of esters is 1. The molecule has 0 aromatic rings. The topological polar surface area (TPSA) is 66.8 Å². The van der Waals surface area contributed by atoms with E-state index in [4.69, 9.17) is 5.11 Å². The molecule has 0 radical (unpaired) electrons. The molecule has 0 aromatic carbocycles. The number of likely N-dealkylation sites (tertiary alicyclic amines) is 1. The smallest absolute Gasteiger partial charge is 0.407 e. The first-order valence-corrected chi connectivity index (χ1v) is 5.38. The molecule has 0 spiro atoms. The molecule has 1 N–H and O–H groups in total. The monoisotopic (exact) mass is 251 g/mol. The van der Waals surface area contributed by atoms with Crippen molar-refractivity contribution < 1.29 is 28.2 Å². The first-order valence-electron chi connectivity index (χ1n) is 5.38. The molecule has 1 aliphatic rings. The molecule has 1 unspecified atom stereocenters. The number of carboxylic acid groups (broad SMARTS) is 1. The highest BCUT2D eigenvalue weighted by molar-refractivity contribution is 5.70. The fourth-order valence-electron chi connectivity index (χ4n) is 1.90. The Morgan fingerprint density at radius 1 is 1.53 bits per heavy atom. The Balaban J connectivity index is 2.51. The van der Waals surface area contributed by atoms with Gasteiger partial charge in [0.2, 0.25) is 0 Å². The predicted molar refractivity (Wildman–Crippen MR) is 53.9 cm³/mol. The third-order valence-electron chi connectivity index (χ3n) is 2.61. The largest absolute Gasteiger partial charge is 0.466 e. The highest BCUT2D eigenvalue weighted by Crippen LogP contribution is 2.34. The van der Waals surface area contributed by atoms with Gasteiger partial charge in [-0.05, 0) is 13.3 Å². The van der Waals surface area contributed by atoms with Crippen LogP contribution in [-0.2, 0) is 9.53 Å². The summed E-state index contributed by atoms with van der Waals surface area (Å²) in [6.07, 6.45) is -1.88. The summed E-state index contributed by atoms with van der Waals surface area (Å²) in [5, 5.41) is 8.76. The van der Waals surface area contributed by atoms with Crippen LogP contribution in [0.15, 0.2) is 0 Å². The van der Waals surface area contributed by atoms with Gasteiger partial charge in [-0.3, -0.25) is 9.69 Å². The van der Waals surface area contributed by atoms with Crippen LogP contribution in [0.1, 0.15) is 26.2 Å². The van der Waals surface area contributed by atoms with E-state index in [-0.39, 0.29) is 19.4 Å². The summed E-state index contributed by atoms with van der Waals surface area (Å²) in [6.45, 7) is 1.07. The second-order valence-corrected chi connectivity index (χ2v) is 3.97. The minimum absolute atomic E-state index is 0.0433. The van der Waals surface area contributed by atoms with Crippen LogP contribution < -0.4 is 0 Å². The van der Waals surface area contributed by atoms with E-state index < -0.39 is 37.0 Å². The summed E-state index contributed by atoms with van der Waals surface area (Å²) in [5.41, 5.74) is 0. The summed E-state index contributed by atoms with van der Waals surface area (Å²) in [4.78, 5) is 22.5. The summed E-state index contributed by atoms with van der Waals surface area (Å²) in [5.74, 6) is -3.49. The Labute approximate surface area is 97.3 Å². The third-order valence-corrected chi connectivity index (χ3v) is 2.61. The number of ether oxygens (including phenoxy) is 1. The fraction of sp³-hybridized carbons (Fsp3) is 0.800. The van der Waals surface area contributed by atoms with E-state index in [0.29, 0.717) is 4.90 Å². The minimum Gasteiger partial charge on any atom is -0.466 e. The molecule has 1 amide bonds. The summed E-state index contributed by atoms with van der Waals surface area (Å²) in [6, 6.07) is -0.813. The number of carbonyl (C=O) groups excluding carboxylic acids is 1. The summed E-state index contributed by atoms with van der Waals surface area (Å²) in [7, 11) is 0. The molecule has 1 heterocycles. The van der Waals surface area contributed by atoms with Gasteiger partial charge >= 0.3 is 12.1 Å². The van der Waals surface area contributed by atoms with E-state index in [1.165, 1.54) is 0 Å². The van der Waals surface area contributed by atoms with Crippen molar-refractivity contribution in [2.45, 2.75) is 38.2 Å². The van der Waals surface area contributed by atoms with Crippen LogP contribution in [0.5, 0.6) is 0 Å². The number of alkyl halides is 2. The van der Waals surface area contributed by atoms with Crippen LogP contribution in [0.25, 0.3) is 0 Å². The maximum atomic E-state index is 13.1. The molecule has 5 nitrogen and oxygen atoms in total. The zero-order valence-corrected chi connectivity index (χ0v) is 9.49. The molecular formula is C10H15F2NO4. The van der Waals surface area contributed by atoms with Crippen LogP contribution in [0.4, 0.5) is 13.6 Å². The first-order chi connectivity index (χ1) is 7.85. The van der Waals surface area contributed by atoms with Gasteiger partial charge in [-0.25, -0.2) is 13.6 Å². The number of hydrogen-bond donors (Lipinski definition) is 1. The molecule has 17 heavy (non-hydrogen) atoms. The molecule has 1 aliphatic heterocycles. The van der Waals surface area contributed by atoms with Gasteiger partial charge in [0.1, 0.15) is 0 Å². The van der Waals surface area contributed by atoms with Crippen LogP contribution in [0.2, 0.25) is 0 Å². The second kappa shape index (κ2) is 5.29. The standard InChI is InChI=1S/C10H15F2NO4/c1-2-17-8(14)4-3-7-5-10(11,12)6-13(7)9(15)16/h7H,2-6H2,1H3,(H,15,16). The Morgan fingerprint density at radius 2 is 2.18 bits per heavy atom. The average molecular weight is 251 g/mol. The molecule has 1 fully saturated rings. The predicted octanol–water partition coefficient (Wildman–Crippen LogP) is 1.72. The van der Waals surface area contributed by atoms with Crippen LogP contribution in [-0.4, -0.2) is 47.2 Å². The number of carbonyl (C=O) groups is 2. The Kier molecular flexibility index (Phi) is 4.25. The molecule has 0 bridgehead atoms. The summed E-state index contributed by atoms with van der Waals surface area (Å²) >= 11 is 0. The Hall–Kier alpha value is -1.40. The third kappa shape index (κ3) is 3.83. The van der Waals surface area contributed by atoms with Gasteiger partial charge in [-0.15, -0.1) is 0 Å². The lowest BCUT2D eigenvalue weighted by Crippen LogP contribution is -2.35. The number of nitrogens with zero attached hydrogens (tertiary/aromatic N) is 1. The number of rotatable bonds is 4. The maximum Gasteiger partial charge on any atom is 0.407 e. The van der Waals surface area contributed by atoms with Crippen molar-refractivity contribution in [2.75, 3.05) is 13.2 Å². The molecular weight excluding hydrogens is 236 g/mol. The van der Waals surface area contributed by atoms with E-state index >= 15 is 0 Å². The number of halogens is 2. The van der Waals surface area contributed by atoms with Gasteiger partial charge in [0, 0.05) is 18.9 Å². The van der Waals surface area contributed by atoms with E-state index in [0.717, 1.165) is 0 Å². The normalized spacial score (nSPS) is 22.5. The van der Waals surface area contributed by atoms with E-state index in [9.17, 15) is 18.4 Å². The van der Waals surface area contributed by atoms with Crippen molar-refractivity contribution in [1.29, 1.82) is 0 Å². The highest BCUT2D eigenvalue weighted by atomic mass is 19.3. The number of amides is 1. The van der Waals surface area contributed by atoms with Gasteiger partial charge in [0.15, 0.2) is 0 Å². The van der Waals surface area contributed by atoms with E-state index in [1.807, 2.05) is 0 Å². The van der Waals surface area contributed by atoms with Crippen molar-refractivity contribution in [3.8, 4) is 0 Å². The van der Waals surface area contributed by atoms with Gasteiger partial charge in [-0.2, -0.15) is 0 Å². The van der Waals surface area contributed by atoms with Crippen molar-refractivity contribution in [1.82, 2.24) is 4.90 Å². The quantitative estimate of drug-likeness (QED) is 0.772. The van der Waals surface area contributed by atoms with E-state index in [1.54, 1.807) is 6.92 Å². The molecule has 0 aromatic heterocycles. The molecule has 1 rings (SSSR count).